The smallest absolute Gasteiger partial charge is 0.197 e. The highest BCUT2D eigenvalue weighted by Gasteiger charge is 2.44. The van der Waals surface area contributed by atoms with Crippen molar-refractivity contribution in [3.05, 3.63) is 107 Å². The summed E-state index contributed by atoms with van der Waals surface area (Å²) in [6.45, 7) is 0. The number of hydrogen-bond acceptors (Lipinski definition) is 11. The number of rotatable bonds is 2. The third-order valence-electron chi connectivity index (χ3n) is 9.46. The van der Waals surface area contributed by atoms with Crippen LogP contribution in [0.25, 0.3) is 21.9 Å². The van der Waals surface area contributed by atoms with Crippen molar-refractivity contribution in [1.82, 2.24) is 0 Å². The fraction of sp³-hybridized carbons (Fsp3) is 0.158. The quantitative estimate of drug-likeness (QED) is 0.155. The molecule has 3 heterocycles. The van der Waals surface area contributed by atoms with Crippen molar-refractivity contribution in [2.24, 2.45) is 0 Å². The molecule has 9 nitrogen and oxygen atoms in total. The van der Waals surface area contributed by atoms with Crippen LogP contribution in [0.1, 0.15) is 111 Å². The monoisotopic (exact) mass is 674 g/mol. The maximum absolute atomic E-state index is 13.4. The number of carbonyl (C=O) groups excluding carboxylic acids is 4. The Hall–Kier alpha value is -6.24. The van der Waals surface area contributed by atoms with Gasteiger partial charge in [0, 0.05) is 37.6 Å². The van der Waals surface area contributed by atoms with Gasteiger partial charge in [-0.3, -0.25) is 19.2 Å². The van der Waals surface area contributed by atoms with Crippen LogP contribution in [0.2, 0.25) is 0 Å². The lowest BCUT2D eigenvalue weighted by atomic mass is 9.78. The molecule has 11 heteroatoms. The largest absolute Gasteiger partial charge is 0.481 e. The number of ketones is 4. The number of nitrogens with zero attached hydrogens (tertiary/aromatic N) is 4. The zero-order chi connectivity index (χ0) is 34.2. The predicted octanol–water partition coefficient (Wildman–Crippen LogP) is 7.44. The summed E-state index contributed by atoms with van der Waals surface area (Å²) in [6.07, 6.45) is 7.60. The Balaban J connectivity index is 1.20. The second kappa shape index (κ2) is 10.9. The van der Waals surface area contributed by atoms with Gasteiger partial charge in [0.2, 0.25) is 0 Å². The lowest BCUT2D eigenvalue weighted by Gasteiger charge is -2.40. The average Bonchev–Trinajstić information content (AvgIpc) is 3.85. The van der Waals surface area contributed by atoms with Gasteiger partial charge in [0.25, 0.3) is 0 Å². The van der Waals surface area contributed by atoms with Gasteiger partial charge in [0.1, 0.15) is 35.6 Å². The van der Waals surface area contributed by atoms with Gasteiger partial charge in [-0.1, -0.05) is 6.42 Å². The molecule has 4 aliphatic rings. The molecule has 0 unspecified atom stereocenters. The second-order valence-electron chi connectivity index (χ2n) is 12.2. The number of hydrogen-bond donors (Lipinski definition) is 0. The van der Waals surface area contributed by atoms with Crippen LogP contribution in [0.3, 0.4) is 0 Å². The molecule has 0 saturated heterocycles. The highest BCUT2D eigenvalue weighted by molar-refractivity contribution is 7.23. The first-order valence-electron chi connectivity index (χ1n) is 15.3. The molecule has 3 aliphatic carbocycles. The SMILES string of the molecule is N#Cc1cc2c(cc1C#N)C(=O)C(=Cc1cc3c(s1)-c1sc(C=C4C(=O)c5cc(C#N)c(C#N)cc5C4=O)cc1C1(CCCCC1)O3)C2=O. The van der Waals surface area contributed by atoms with E-state index in [1.54, 1.807) is 6.08 Å². The molecular weight excluding hydrogens is 657 g/mol. The number of Topliss-reactive ketones (excluding diaryl/α,β-unsaturated/α-hetero) is 4. The topological polar surface area (TPSA) is 173 Å². The van der Waals surface area contributed by atoms with E-state index in [0.717, 1.165) is 47.4 Å². The summed E-state index contributed by atoms with van der Waals surface area (Å²) < 4.78 is 6.77. The summed E-state index contributed by atoms with van der Waals surface area (Å²) in [5.74, 6) is -1.42. The van der Waals surface area contributed by atoms with Crippen LogP contribution in [0, 0.1) is 45.3 Å². The zero-order valence-electron chi connectivity index (χ0n) is 25.3. The molecular formula is C38H18N4O5S2. The molecule has 0 amide bonds. The molecule has 1 aliphatic heterocycles. The minimum absolute atomic E-state index is 0.0288. The summed E-state index contributed by atoms with van der Waals surface area (Å²) in [5, 5.41) is 37.7. The predicted molar refractivity (Wildman–Crippen MR) is 178 cm³/mol. The number of allylic oxidation sites excluding steroid dienone is 2. The van der Waals surface area contributed by atoms with Crippen LogP contribution in [0.4, 0.5) is 0 Å². The van der Waals surface area contributed by atoms with Crippen molar-refractivity contribution in [2.75, 3.05) is 0 Å². The molecule has 2 aromatic heterocycles. The Morgan fingerprint density at radius 1 is 0.571 bits per heavy atom. The minimum Gasteiger partial charge on any atom is -0.481 e. The summed E-state index contributed by atoms with van der Waals surface area (Å²) in [7, 11) is 0. The van der Waals surface area contributed by atoms with Gasteiger partial charge in [-0.05, 0) is 74.2 Å². The van der Waals surface area contributed by atoms with E-state index in [1.807, 2.05) is 36.4 Å². The second-order valence-corrected chi connectivity index (χ2v) is 14.3. The average molecular weight is 675 g/mol. The van der Waals surface area contributed by atoms with E-state index in [-0.39, 0.29) is 55.7 Å². The molecule has 1 fully saturated rings. The van der Waals surface area contributed by atoms with Crippen molar-refractivity contribution in [1.29, 1.82) is 21.0 Å². The van der Waals surface area contributed by atoms with E-state index in [4.69, 9.17) is 4.74 Å². The van der Waals surface area contributed by atoms with Crippen LogP contribution in [-0.4, -0.2) is 23.1 Å². The first-order valence-corrected chi connectivity index (χ1v) is 16.9. The normalized spacial score (nSPS) is 16.5. The minimum atomic E-state index is -0.619. The van der Waals surface area contributed by atoms with E-state index in [1.165, 1.54) is 53.0 Å². The molecule has 4 aromatic rings. The molecule has 0 radical (unpaired) electrons. The van der Waals surface area contributed by atoms with Crippen LogP contribution < -0.4 is 4.74 Å². The summed E-state index contributed by atoms with van der Waals surface area (Å²) in [5.41, 5.74) is 0.748. The number of carbonyl (C=O) groups is 4. The van der Waals surface area contributed by atoms with E-state index in [0.29, 0.717) is 15.5 Å². The number of fused-ring (bicyclic) bond motifs is 6. The Bertz CT molecular complexity index is 2420. The van der Waals surface area contributed by atoms with Crippen molar-refractivity contribution < 1.29 is 23.9 Å². The van der Waals surface area contributed by atoms with Crippen molar-refractivity contribution >= 4 is 58.0 Å². The fourth-order valence-corrected chi connectivity index (χ4v) is 9.47. The fourth-order valence-electron chi connectivity index (χ4n) is 7.10. The maximum atomic E-state index is 13.4. The van der Waals surface area contributed by atoms with Gasteiger partial charge in [-0.2, -0.15) is 21.0 Å². The van der Waals surface area contributed by atoms with Crippen molar-refractivity contribution in [3.63, 3.8) is 0 Å². The number of nitriles is 4. The first kappa shape index (κ1) is 30.1. The maximum Gasteiger partial charge on any atom is 0.197 e. The Labute approximate surface area is 286 Å². The Kier molecular flexibility index (Phi) is 6.70. The Morgan fingerprint density at radius 2 is 0.980 bits per heavy atom. The molecule has 1 saturated carbocycles. The van der Waals surface area contributed by atoms with Gasteiger partial charge in [-0.25, -0.2) is 0 Å². The van der Waals surface area contributed by atoms with Crippen LogP contribution in [0.15, 0.2) is 47.5 Å². The van der Waals surface area contributed by atoms with Gasteiger partial charge in [-0.15, -0.1) is 22.7 Å². The molecule has 8 rings (SSSR count). The van der Waals surface area contributed by atoms with Crippen molar-refractivity contribution in [2.45, 2.75) is 37.7 Å². The number of thiophene rings is 2. The molecule has 1 spiro atoms. The van der Waals surface area contributed by atoms with Crippen LogP contribution in [-0.2, 0) is 5.60 Å². The summed E-state index contributed by atoms with van der Waals surface area (Å²) in [4.78, 5) is 56.5. The lowest BCUT2D eigenvalue weighted by Crippen LogP contribution is -2.37. The third-order valence-corrected chi connectivity index (χ3v) is 11.8. The standard InChI is InChI=1S/C38H18N4O5S2/c39-14-18-6-24-25(7-19(18)15-40)33(44)28(32(24)43)10-22-12-30-36(48-22)37-31(47-38(30)4-2-1-3-5-38)13-23(49-37)11-29-34(45)26-8-20(16-41)21(17-42)9-27(26)35(29)46/h6-13H,1-5H2. The van der Waals surface area contributed by atoms with Crippen LogP contribution in [0.5, 0.6) is 5.75 Å². The molecule has 0 atom stereocenters. The van der Waals surface area contributed by atoms with E-state index < -0.39 is 28.7 Å². The first-order chi connectivity index (χ1) is 23.7. The van der Waals surface area contributed by atoms with E-state index in [2.05, 4.69) is 0 Å². The zero-order valence-corrected chi connectivity index (χ0v) is 26.9. The molecule has 0 N–H and O–H groups in total. The van der Waals surface area contributed by atoms with Crippen LogP contribution >= 0.6 is 22.7 Å². The summed E-state index contributed by atoms with van der Waals surface area (Å²) in [6, 6.07) is 16.6. The van der Waals surface area contributed by atoms with E-state index >= 15 is 0 Å². The molecule has 49 heavy (non-hydrogen) atoms. The molecule has 232 valence electrons. The van der Waals surface area contributed by atoms with E-state index in [9.17, 15) is 40.2 Å². The lowest BCUT2D eigenvalue weighted by molar-refractivity contribution is 0.0250. The highest BCUT2D eigenvalue weighted by Crippen LogP contribution is 2.57. The third kappa shape index (κ3) is 4.38. The Morgan fingerprint density at radius 3 is 1.41 bits per heavy atom. The van der Waals surface area contributed by atoms with Gasteiger partial charge < -0.3 is 4.74 Å². The highest BCUT2D eigenvalue weighted by atomic mass is 32.1. The molecule has 2 aromatic carbocycles. The number of ether oxygens (including phenoxy) is 1. The molecule has 0 bridgehead atoms. The van der Waals surface area contributed by atoms with Gasteiger partial charge >= 0.3 is 0 Å². The van der Waals surface area contributed by atoms with Gasteiger partial charge in [0.15, 0.2) is 23.1 Å². The van der Waals surface area contributed by atoms with Gasteiger partial charge in [0.05, 0.1) is 43.2 Å². The summed E-state index contributed by atoms with van der Waals surface area (Å²) >= 11 is 2.76. The van der Waals surface area contributed by atoms with Crippen molar-refractivity contribution in [3.8, 4) is 39.8 Å². The number of benzene rings is 2.